The Morgan fingerprint density at radius 3 is 2.21 bits per heavy atom. The van der Waals surface area contributed by atoms with Crippen molar-refractivity contribution in [2.45, 2.75) is 23.6 Å². The Kier molecular flexibility index (Phi) is 8.94. The summed E-state index contributed by atoms with van der Waals surface area (Å²) in [7, 11) is 0. The molecule has 2 aliphatic rings. The number of benzene rings is 3. The van der Waals surface area contributed by atoms with Gasteiger partial charge in [0.2, 0.25) is 5.60 Å². The Labute approximate surface area is 311 Å². The second-order valence-electron chi connectivity index (χ2n) is 12.2. The predicted molar refractivity (Wildman–Crippen MR) is 196 cm³/mol. The third-order valence-corrected chi connectivity index (χ3v) is 11.1. The predicted octanol–water partition coefficient (Wildman–Crippen LogP) is 2.48. The Balaban J connectivity index is 1.12. The van der Waals surface area contributed by atoms with Crippen molar-refractivity contribution in [1.29, 1.82) is 0 Å². The number of anilines is 1. The number of nitrogens with zero attached hydrogens (tertiary/aromatic N) is 6. The van der Waals surface area contributed by atoms with E-state index in [0.29, 0.717) is 5.57 Å². The largest absolute Gasteiger partial charge is 0.543 e. The van der Waals surface area contributed by atoms with Crippen molar-refractivity contribution in [3.05, 3.63) is 161 Å². The van der Waals surface area contributed by atoms with E-state index < -0.39 is 34.8 Å². The van der Waals surface area contributed by atoms with Gasteiger partial charge in [-0.1, -0.05) is 101 Å². The zero-order valence-electron chi connectivity index (χ0n) is 27.8. The van der Waals surface area contributed by atoms with Gasteiger partial charge in [0.15, 0.2) is 17.0 Å². The van der Waals surface area contributed by atoms with Gasteiger partial charge in [0.1, 0.15) is 29.9 Å². The van der Waals surface area contributed by atoms with Gasteiger partial charge in [0.25, 0.3) is 11.8 Å². The van der Waals surface area contributed by atoms with Crippen molar-refractivity contribution in [2.24, 2.45) is 5.16 Å². The first kappa shape index (κ1) is 33.8. The number of carboxylic acid groups (broad SMARTS) is 1. The van der Waals surface area contributed by atoms with Crippen LogP contribution in [0.3, 0.4) is 0 Å². The van der Waals surface area contributed by atoms with Gasteiger partial charge in [-0.25, -0.2) is 9.55 Å². The van der Waals surface area contributed by atoms with E-state index >= 15 is 0 Å². The molecule has 0 saturated carbocycles. The van der Waals surface area contributed by atoms with E-state index in [9.17, 15) is 19.5 Å². The molecule has 0 radical (unpaired) electrons. The monoisotopic (exact) mass is 742 g/mol. The summed E-state index contributed by atoms with van der Waals surface area (Å²) >= 11 is 2.47. The molecule has 2 amide bonds. The van der Waals surface area contributed by atoms with Crippen LogP contribution in [-0.2, 0) is 31.4 Å². The first-order valence-corrected chi connectivity index (χ1v) is 18.4. The molecule has 2 atom stereocenters. The Morgan fingerprint density at radius 2 is 1.62 bits per heavy atom. The van der Waals surface area contributed by atoms with Gasteiger partial charge >= 0.3 is 5.65 Å². The van der Waals surface area contributed by atoms with Crippen molar-refractivity contribution < 1.29 is 28.9 Å². The number of hydrogen-bond donors (Lipinski definition) is 2. The Morgan fingerprint density at radius 1 is 0.981 bits per heavy atom. The highest BCUT2D eigenvalue weighted by Crippen LogP contribution is 2.42. The molecule has 3 aromatic heterocycles. The van der Waals surface area contributed by atoms with Crippen LogP contribution in [0.4, 0.5) is 5.13 Å². The van der Waals surface area contributed by atoms with Crippen LogP contribution in [-0.4, -0.2) is 60.2 Å². The zero-order chi connectivity index (χ0) is 36.5. The minimum absolute atomic E-state index is 0.150. The number of thiazole rings is 1. The van der Waals surface area contributed by atoms with Gasteiger partial charge in [0.05, 0.1) is 17.9 Å². The van der Waals surface area contributed by atoms with E-state index in [1.54, 1.807) is 34.6 Å². The number of carboxylic acids is 1. The molecular formula is C38H30N8O5S2. The summed E-state index contributed by atoms with van der Waals surface area (Å²) in [5.41, 5.74) is 7.93. The van der Waals surface area contributed by atoms with Gasteiger partial charge in [-0.15, -0.1) is 27.6 Å². The number of amides is 2. The highest BCUT2D eigenvalue weighted by atomic mass is 32.2. The third kappa shape index (κ3) is 6.08. The molecule has 53 heavy (non-hydrogen) atoms. The fourth-order valence-corrected chi connectivity index (χ4v) is 8.55. The molecule has 264 valence electrons. The molecule has 5 heterocycles. The fourth-order valence-electron chi connectivity index (χ4n) is 6.67. The van der Waals surface area contributed by atoms with Gasteiger partial charge in [-0.2, -0.15) is 0 Å². The van der Waals surface area contributed by atoms with Crippen LogP contribution in [0, 0.1) is 0 Å². The summed E-state index contributed by atoms with van der Waals surface area (Å²) < 4.78 is 3.51. The molecule has 8 rings (SSSR count). The van der Waals surface area contributed by atoms with E-state index in [-0.39, 0.29) is 34.5 Å². The minimum Gasteiger partial charge on any atom is -0.543 e. The second-order valence-corrected chi connectivity index (χ2v) is 14.2. The first-order valence-electron chi connectivity index (χ1n) is 16.5. The zero-order valence-corrected chi connectivity index (χ0v) is 29.4. The number of rotatable bonds is 11. The molecule has 0 bridgehead atoms. The van der Waals surface area contributed by atoms with Crippen LogP contribution < -0.4 is 20.7 Å². The molecule has 15 heteroatoms. The highest BCUT2D eigenvalue weighted by Gasteiger charge is 2.53. The molecule has 0 unspecified atom stereocenters. The molecule has 3 aromatic carbocycles. The van der Waals surface area contributed by atoms with Crippen molar-refractivity contribution in [3.63, 3.8) is 0 Å². The standard InChI is InChI=1S/C38H30N8O5S2/c39-37-41-28(23-53-37)30(43-51-38(25-11-4-1-5-12-25,26-13-6-2-7-14-26)27-15-8-3-9-16-27)33(47)42-31-34(48)46-32(36(49)50)24(22-52-35(31)46)21-44-19-20-45-29(44)17-10-18-40-45/h1-20,23,31,35H,21-22H2,(H3-,39,41,42,47,49,50)/b43-30-/t31-,35-/m1/s1. The second kappa shape index (κ2) is 14.0. The van der Waals surface area contributed by atoms with E-state index in [2.05, 4.69) is 20.6 Å². The summed E-state index contributed by atoms with van der Waals surface area (Å²) in [5.74, 6) is -2.52. The Bertz CT molecular complexity index is 2300. The maximum atomic E-state index is 14.2. The lowest BCUT2D eigenvalue weighted by atomic mass is 9.80. The number of β-lactam (4-membered cyclic amide) rings is 1. The number of fused-ring (bicyclic) bond motifs is 2. The molecule has 0 aliphatic carbocycles. The maximum absolute atomic E-state index is 14.2. The number of imidazole rings is 1. The molecule has 1 saturated heterocycles. The van der Waals surface area contributed by atoms with Gasteiger partial charge in [-0.3, -0.25) is 14.5 Å². The number of carbonyl (C=O) groups is 3. The summed E-state index contributed by atoms with van der Waals surface area (Å²) in [6, 6.07) is 31.2. The number of thioether (sulfide) groups is 1. The quantitative estimate of drug-likeness (QED) is 0.0666. The maximum Gasteiger partial charge on any atom is 0.307 e. The minimum atomic E-state index is -1.47. The topological polar surface area (TPSA) is 171 Å². The third-order valence-electron chi connectivity index (χ3n) is 9.12. The summed E-state index contributed by atoms with van der Waals surface area (Å²) in [4.78, 5) is 52.5. The lowest BCUT2D eigenvalue weighted by Gasteiger charge is -2.50. The molecule has 6 aromatic rings. The summed E-state index contributed by atoms with van der Waals surface area (Å²) in [6.45, 7) is 0.206. The lowest BCUT2D eigenvalue weighted by molar-refractivity contribution is -0.662. The van der Waals surface area contributed by atoms with Gasteiger partial charge in [-0.05, 0) is 6.07 Å². The van der Waals surface area contributed by atoms with E-state index in [4.69, 9.17) is 10.6 Å². The number of nitrogen functional groups attached to an aromatic ring is 1. The van der Waals surface area contributed by atoms with Gasteiger partial charge in [0, 0.05) is 39.5 Å². The van der Waals surface area contributed by atoms with Crippen molar-refractivity contribution in [1.82, 2.24) is 24.8 Å². The van der Waals surface area contributed by atoms with Crippen molar-refractivity contribution in [3.8, 4) is 0 Å². The van der Waals surface area contributed by atoms with E-state index in [0.717, 1.165) is 33.7 Å². The van der Waals surface area contributed by atoms with Crippen LogP contribution >= 0.6 is 23.1 Å². The lowest BCUT2D eigenvalue weighted by Crippen LogP contribution is -2.71. The fraction of sp³-hybridized carbons (Fsp3) is 0.132. The number of oxime groups is 1. The smallest absolute Gasteiger partial charge is 0.307 e. The molecular weight excluding hydrogens is 713 g/mol. The van der Waals surface area contributed by atoms with E-state index in [1.165, 1.54) is 16.7 Å². The normalized spacial score (nSPS) is 17.3. The van der Waals surface area contributed by atoms with Crippen LogP contribution in [0.25, 0.3) is 5.65 Å². The van der Waals surface area contributed by atoms with Crippen molar-refractivity contribution in [2.75, 3.05) is 11.5 Å². The Hall–Kier alpha value is -6.32. The SMILES string of the molecule is Nc1nc(/C(=N/OC(c2ccccc2)(c2ccccc2)c2ccccc2)C(=O)N[C@@H]2C(=O)N3C(C(=O)[O-])=C(C[n+]4ccn5ncccc54)CS[C@H]23)cs1. The number of carbonyl (C=O) groups excluding carboxylic acids is 3. The number of nitrogens with one attached hydrogen (secondary N) is 1. The molecule has 13 nitrogen and oxygen atoms in total. The average Bonchev–Trinajstić information content (AvgIpc) is 3.82. The van der Waals surface area contributed by atoms with Crippen LogP contribution in [0.15, 0.2) is 144 Å². The van der Waals surface area contributed by atoms with E-state index in [1.807, 2.05) is 102 Å². The highest BCUT2D eigenvalue weighted by molar-refractivity contribution is 8.00. The van der Waals surface area contributed by atoms with Crippen LogP contribution in [0.2, 0.25) is 0 Å². The van der Waals surface area contributed by atoms with Crippen LogP contribution in [0.5, 0.6) is 0 Å². The number of hydrogen-bond acceptors (Lipinski definition) is 11. The summed E-state index contributed by atoms with van der Waals surface area (Å²) in [6.07, 6.45) is 5.20. The molecule has 0 spiro atoms. The average molecular weight is 743 g/mol. The number of nitrogens with two attached hydrogens (primary N) is 1. The molecule has 2 aliphatic heterocycles. The first-order chi connectivity index (χ1) is 25.8. The number of aromatic nitrogens is 4. The molecule has 3 N–H and O–H groups in total. The number of aliphatic carboxylic acids is 1. The molecule has 1 fully saturated rings. The summed E-state index contributed by atoms with van der Waals surface area (Å²) in [5, 5.41) is 25.1. The van der Waals surface area contributed by atoms with Crippen LogP contribution in [0.1, 0.15) is 22.4 Å². The van der Waals surface area contributed by atoms with Gasteiger partial charge < -0.3 is 25.8 Å². The van der Waals surface area contributed by atoms with Crippen molar-refractivity contribution >= 4 is 57.4 Å².